The number of nitrogens with one attached hydrogen (secondary N) is 1. The molecule has 7 heteroatoms. The molecule has 3 aromatic rings. The van der Waals surface area contributed by atoms with Crippen LogP contribution in [0.4, 0.5) is 20.6 Å². The summed E-state index contributed by atoms with van der Waals surface area (Å²) < 4.78 is 23.0. The molecule has 0 saturated heterocycles. The second-order valence-corrected chi connectivity index (χ2v) is 4.20. The molecule has 0 fully saturated rings. The van der Waals surface area contributed by atoms with Gasteiger partial charge in [-0.3, -0.25) is 4.70 Å². The van der Waals surface area contributed by atoms with Crippen LogP contribution >= 0.6 is 0 Å². The highest BCUT2D eigenvalue weighted by Crippen LogP contribution is 2.26. The van der Waals surface area contributed by atoms with Crippen molar-refractivity contribution in [2.24, 2.45) is 0 Å². The van der Waals surface area contributed by atoms with E-state index in [0.717, 1.165) is 0 Å². The normalized spacial score (nSPS) is 11.7. The van der Waals surface area contributed by atoms with E-state index in [-0.39, 0.29) is 4.70 Å². The summed E-state index contributed by atoms with van der Waals surface area (Å²) >= 11 is 0. The standard InChI is InChI=1S/C14H12FN3O2.FH/c1-9(15)19-11-5-2-4-10(8-11)17-14-13-12(20-18-14)6-3-7-16-13;/h2-9H,1H3,(H,17,18);1H. The fraction of sp³-hybridized carbons (Fsp3) is 0.143. The van der Waals surface area contributed by atoms with Gasteiger partial charge in [0.15, 0.2) is 11.1 Å². The number of pyridine rings is 1. The summed E-state index contributed by atoms with van der Waals surface area (Å²) in [5, 5.41) is 6.99. The van der Waals surface area contributed by atoms with Crippen molar-refractivity contribution in [3.8, 4) is 5.75 Å². The van der Waals surface area contributed by atoms with E-state index in [4.69, 9.17) is 9.26 Å². The van der Waals surface area contributed by atoms with Crippen molar-refractivity contribution in [2.75, 3.05) is 5.32 Å². The first-order valence-electron chi connectivity index (χ1n) is 6.10. The molecule has 0 spiro atoms. The van der Waals surface area contributed by atoms with Crippen molar-refractivity contribution in [3.05, 3.63) is 42.6 Å². The largest absolute Gasteiger partial charge is 0.461 e. The molecule has 1 aromatic carbocycles. The second-order valence-electron chi connectivity index (χ2n) is 4.20. The molecule has 5 nitrogen and oxygen atoms in total. The lowest BCUT2D eigenvalue weighted by Crippen LogP contribution is -2.03. The highest BCUT2D eigenvalue weighted by atomic mass is 19.1. The number of fused-ring (bicyclic) bond motifs is 1. The van der Waals surface area contributed by atoms with E-state index in [9.17, 15) is 4.39 Å². The molecule has 0 saturated carbocycles. The molecule has 110 valence electrons. The average molecular weight is 293 g/mol. The number of nitrogens with zero attached hydrogens (tertiary/aromatic N) is 2. The predicted molar refractivity (Wildman–Crippen MR) is 75.2 cm³/mol. The van der Waals surface area contributed by atoms with Gasteiger partial charge in [-0.1, -0.05) is 11.2 Å². The van der Waals surface area contributed by atoms with Crippen LogP contribution in [0.3, 0.4) is 0 Å². The summed E-state index contributed by atoms with van der Waals surface area (Å²) in [5.41, 5.74) is 1.95. The quantitative estimate of drug-likeness (QED) is 0.792. The maximum atomic E-state index is 12.8. The molecule has 0 radical (unpaired) electrons. The Hall–Kier alpha value is -2.70. The minimum absolute atomic E-state index is 0. The van der Waals surface area contributed by atoms with Gasteiger partial charge in [0.1, 0.15) is 5.75 Å². The van der Waals surface area contributed by atoms with Crippen molar-refractivity contribution in [3.63, 3.8) is 0 Å². The van der Waals surface area contributed by atoms with Gasteiger partial charge >= 0.3 is 0 Å². The lowest BCUT2D eigenvalue weighted by Gasteiger charge is -2.08. The summed E-state index contributed by atoms with van der Waals surface area (Å²) in [6.07, 6.45) is 0.300. The van der Waals surface area contributed by atoms with E-state index in [1.165, 1.54) is 6.92 Å². The predicted octanol–water partition coefficient (Wildman–Crippen LogP) is 3.81. The smallest absolute Gasteiger partial charge is 0.235 e. The second kappa shape index (κ2) is 6.17. The first-order valence-corrected chi connectivity index (χ1v) is 6.10. The molecule has 0 bridgehead atoms. The molecule has 0 aliphatic rings. The van der Waals surface area contributed by atoms with E-state index in [0.29, 0.717) is 28.4 Å². The number of hydrogen-bond acceptors (Lipinski definition) is 5. The van der Waals surface area contributed by atoms with Crippen LogP contribution in [0.2, 0.25) is 0 Å². The molecule has 1 unspecified atom stereocenters. The van der Waals surface area contributed by atoms with Crippen molar-refractivity contribution < 1.29 is 18.4 Å². The fourth-order valence-corrected chi connectivity index (χ4v) is 1.83. The van der Waals surface area contributed by atoms with Gasteiger partial charge in [0.25, 0.3) is 0 Å². The number of hydrogen-bond donors (Lipinski definition) is 1. The highest BCUT2D eigenvalue weighted by Gasteiger charge is 2.09. The zero-order valence-electron chi connectivity index (χ0n) is 11.1. The third-order valence-corrected chi connectivity index (χ3v) is 2.63. The topological polar surface area (TPSA) is 60.2 Å². The summed E-state index contributed by atoms with van der Waals surface area (Å²) in [6, 6.07) is 10.5. The number of ether oxygens (including phenoxy) is 1. The Labute approximate surface area is 119 Å². The van der Waals surface area contributed by atoms with Crippen LogP contribution in [0, 0.1) is 0 Å². The van der Waals surface area contributed by atoms with Crippen molar-refractivity contribution in [2.45, 2.75) is 13.3 Å². The monoisotopic (exact) mass is 293 g/mol. The number of anilines is 2. The third kappa shape index (κ3) is 3.25. The zero-order valence-corrected chi connectivity index (χ0v) is 11.1. The molecule has 0 amide bonds. The van der Waals surface area contributed by atoms with Gasteiger partial charge in [-0.2, -0.15) is 0 Å². The van der Waals surface area contributed by atoms with E-state index in [1.807, 2.05) is 6.07 Å². The molecule has 0 aliphatic carbocycles. The van der Waals surface area contributed by atoms with E-state index in [1.54, 1.807) is 36.5 Å². The Morgan fingerprint density at radius 3 is 2.95 bits per heavy atom. The Morgan fingerprint density at radius 2 is 2.14 bits per heavy atom. The van der Waals surface area contributed by atoms with Gasteiger partial charge in [-0.05, 0) is 24.3 Å². The van der Waals surface area contributed by atoms with E-state index < -0.39 is 6.36 Å². The van der Waals surface area contributed by atoms with Gasteiger partial charge in [0, 0.05) is 24.9 Å². The molecular formula is C14H13F2N3O2. The van der Waals surface area contributed by atoms with Crippen LogP contribution in [-0.2, 0) is 0 Å². The molecule has 21 heavy (non-hydrogen) atoms. The minimum atomic E-state index is -1.36. The molecular weight excluding hydrogens is 280 g/mol. The molecule has 2 aromatic heterocycles. The van der Waals surface area contributed by atoms with Gasteiger partial charge in [-0.15, -0.1) is 0 Å². The van der Waals surface area contributed by atoms with Gasteiger partial charge in [0.2, 0.25) is 12.2 Å². The molecule has 3 rings (SSSR count). The van der Waals surface area contributed by atoms with Crippen LogP contribution in [0.5, 0.6) is 5.75 Å². The highest BCUT2D eigenvalue weighted by molar-refractivity contribution is 5.85. The van der Waals surface area contributed by atoms with Gasteiger partial charge in [0.05, 0.1) is 0 Å². The molecule has 0 aliphatic heterocycles. The third-order valence-electron chi connectivity index (χ3n) is 2.63. The fourth-order valence-electron chi connectivity index (χ4n) is 1.83. The van der Waals surface area contributed by atoms with Crippen molar-refractivity contribution >= 4 is 22.6 Å². The number of halogens is 2. The lowest BCUT2D eigenvalue weighted by molar-refractivity contribution is 0.0861. The molecule has 1 N–H and O–H groups in total. The van der Waals surface area contributed by atoms with E-state index in [2.05, 4.69) is 15.5 Å². The Bertz CT molecular complexity index is 731. The summed E-state index contributed by atoms with van der Waals surface area (Å²) in [4.78, 5) is 4.20. The summed E-state index contributed by atoms with van der Waals surface area (Å²) in [7, 11) is 0. The van der Waals surface area contributed by atoms with Gasteiger partial charge in [-0.25, -0.2) is 9.37 Å². The van der Waals surface area contributed by atoms with Gasteiger partial charge < -0.3 is 14.6 Å². The maximum Gasteiger partial charge on any atom is 0.235 e. The van der Waals surface area contributed by atoms with Crippen LogP contribution in [0.1, 0.15) is 6.92 Å². The average Bonchev–Trinajstić information content (AvgIpc) is 2.82. The first kappa shape index (κ1) is 14.7. The zero-order chi connectivity index (χ0) is 13.9. The minimum Gasteiger partial charge on any atom is -0.461 e. The number of aromatic nitrogens is 2. The number of rotatable bonds is 4. The number of benzene rings is 1. The molecule has 2 heterocycles. The van der Waals surface area contributed by atoms with Crippen molar-refractivity contribution in [1.82, 2.24) is 10.1 Å². The maximum absolute atomic E-state index is 12.8. The summed E-state index contributed by atoms with van der Waals surface area (Å²) in [5.74, 6) is 0.941. The SMILES string of the molecule is CC(F)Oc1cccc(Nc2noc3cccnc23)c1.F. The summed E-state index contributed by atoms with van der Waals surface area (Å²) in [6.45, 7) is 1.33. The van der Waals surface area contributed by atoms with Crippen LogP contribution < -0.4 is 10.1 Å². The lowest BCUT2D eigenvalue weighted by atomic mass is 10.3. The first-order chi connectivity index (χ1) is 9.72. The molecule has 1 atom stereocenters. The Morgan fingerprint density at radius 1 is 1.29 bits per heavy atom. The Kier molecular flexibility index (Phi) is 4.32. The van der Waals surface area contributed by atoms with Crippen LogP contribution in [0.25, 0.3) is 11.1 Å². The van der Waals surface area contributed by atoms with E-state index >= 15 is 0 Å². The van der Waals surface area contributed by atoms with Crippen LogP contribution in [0.15, 0.2) is 47.1 Å². The van der Waals surface area contributed by atoms with Crippen molar-refractivity contribution in [1.29, 1.82) is 0 Å². The Balaban J connectivity index is 0.00000161. The number of alkyl halides is 1. The van der Waals surface area contributed by atoms with Crippen LogP contribution in [-0.4, -0.2) is 16.5 Å².